The van der Waals surface area contributed by atoms with Gasteiger partial charge in [-0.1, -0.05) is 0 Å². The van der Waals surface area contributed by atoms with Crippen molar-refractivity contribution in [3.8, 4) is 0 Å². The fourth-order valence-electron chi connectivity index (χ4n) is 4.50. The number of morpholine rings is 1. The maximum Gasteiger partial charge on any atom is 0.132 e. The van der Waals surface area contributed by atoms with Crippen LogP contribution >= 0.6 is 0 Å². The molecule has 150 valence electrons. The van der Waals surface area contributed by atoms with Crippen LogP contribution in [0.15, 0.2) is 12.4 Å². The van der Waals surface area contributed by atoms with E-state index in [1.54, 1.807) is 6.33 Å². The highest BCUT2D eigenvalue weighted by Crippen LogP contribution is 2.40. The van der Waals surface area contributed by atoms with Gasteiger partial charge in [-0.2, -0.15) is 0 Å². The van der Waals surface area contributed by atoms with E-state index in [1.807, 2.05) is 13.8 Å². The summed E-state index contributed by atoms with van der Waals surface area (Å²) >= 11 is 0. The summed E-state index contributed by atoms with van der Waals surface area (Å²) in [5, 5.41) is 0. The summed E-state index contributed by atoms with van der Waals surface area (Å²) in [6.45, 7) is 8.36. The van der Waals surface area contributed by atoms with Gasteiger partial charge in [0.25, 0.3) is 0 Å². The summed E-state index contributed by atoms with van der Waals surface area (Å²) in [4.78, 5) is 11.2. The molecule has 27 heavy (non-hydrogen) atoms. The number of hydrogen-bond acceptors (Lipinski definition) is 7. The van der Waals surface area contributed by atoms with E-state index < -0.39 is 6.17 Å². The molecule has 0 bridgehead atoms. The van der Waals surface area contributed by atoms with Crippen molar-refractivity contribution in [2.75, 3.05) is 24.6 Å². The normalized spacial score (nSPS) is 36.9. The number of fused-ring (bicyclic) bond motifs is 1. The van der Waals surface area contributed by atoms with Gasteiger partial charge < -0.3 is 14.4 Å². The van der Waals surface area contributed by atoms with Gasteiger partial charge in [0.2, 0.25) is 0 Å². The molecule has 4 rings (SSSR count). The van der Waals surface area contributed by atoms with E-state index in [9.17, 15) is 4.39 Å². The molecule has 0 amide bonds. The number of hydrazine groups is 1. The molecule has 2 saturated heterocycles. The van der Waals surface area contributed by atoms with Crippen LogP contribution in [0.3, 0.4) is 0 Å². The molecule has 1 aromatic heterocycles. The summed E-state index contributed by atoms with van der Waals surface area (Å²) in [5.41, 5.74) is 7.56. The molecule has 1 saturated carbocycles. The molecule has 0 radical (unpaired) electrons. The van der Waals surface area contributed by atoms with Gasteiger partial charge in [0.1, 0.15) is 18.3 Å². The quantitative estimate of drug-likeness (QED) is 0.826. The van der Waals surface area contributed by atoms with E-state index in [0.717, 1.165) is 24.6 Å². The third kappa shape index (κ3) is 4.08. The van der Waals surface area contributed by atoms with Gasteiger partial charge >= 0.3 is 0 Å². The number of hydrogen-bond donors (Lipinski definition) is 2. The zero-order valence-corrected chi connectivity index (χ0v) is 16.3. The maximum absolute atomic E-state index is 14.5. The first-order valence-corrected chi connectivity index (χ1v) is 10.0. The van der Waals surface area contributed by atoms with Crippen LogP contribution in [0.1, 0.15) is 45.3 Å². The molecule has 0 spiro atoms. The van der Waals surface area contributed by atoms with Crippen molar-refractivity contribution in [2.24, 2.45) is 5.92 Å². The van der Waals surface area contributed by atoms with Crippen LogP contribution in [0.25, 0.3) is 0 Å². The van der Waals surface area contributed by atoms with Gasteiger partial charge in [0, 0.05) is 31.1 Å². The van der Waals surface area contributed by atoms with Crippen molar-refractivity contribution in [3.63, 3.8) is 0 Å². The lowest BCUT2D eigenvalue weighted by molar-refractivity contribution is -0.0708. The van der Waals surface area contributed by atoms with E-state index in [-0.39, 0.29) is 36.3 Å². The molecule has 3 heterocycles. The Labute approximate surface area is 160 Å². The van der Waals surface area contributed by atoms with Crippen LogP contribution in [-0.2, 0) is 9.47 Å². The molecule has 5 unspecified atom stereocenters. The van der Waals surface area contributed by atoms with E-state index in [1.165, 1.54) is 0 Å². The van der Waals surface area contributed by atoms with Gasteiger partial charge in [0.15, 0.2) is 0 Å². The van der Waals surface area contributed by atoms with E-state index >= 15 is 0 Å². The van der Waals surface area contributed by atoms with Crippen molar-refractivity contribution in [1.82, 2.24) is 20.8 Å². The predicted molar refractivity (Wildman–Crippen MR) is 100 cm³/mol. The highest BCUT2D eigenvalue weighted by molar-refractivity contribution is 5.40. The zero-order valence-electron chi connectivity index (χ0n) is 16.3. The van der Waals surface area contributed by atoms with Crippen LogP contribution in [0.2, 0.25) is 0 Å². The van der Waals surface area contributed by atoms with Crippen molar-refractivity contribution in [1.29, 1.82) is 0 Å². The number of nitrogens with zero attached hydrogens (tertiary/aromatic N) is 3. The standard InChI is InChI=1S/C19H30FN5O2/c1-11(2)27-17-6-13-15(7-14(17)20)23-24-19(13)16-8-18(22-10-21-16)25-4-5-26-12(3)9-25/h8,10-15,17,19,23-24H,4-7,9H2,1-3H3/t12-,13?,14?,15?,17?,19?/m0/s1. The van der Waals surface area contributed by atoms with Crippen molar-refractivity contribution < 1.29 is 13.9 Å². The molecule has 2 aliphatic heterocycles. The molecule has 0 aromatic carbocycles. The second-order valence-electron chi connectivity index (χ2n) is 8.18. The van der Waals surface area contributed by atoms with Crippen LogP contribution < -0.4 is 15.8 Å². The Morgan fingerprint density at radius 1 is 1.30 bits per heavy atom. The van der Waals surface area contributed by atoms with Crippen LogP contribution in [-0.4, -0.2) is 60.2 Å². The number of nitrogens with one attached hydrogen (secondary N) is 2. The third-order valence-electron chi connectivity index (χ3n) is 5.76. The topological polar surface area (TPSA) is 71.5 Å². The zero-order chi connectivity index (χ0) is 19.0. The first-order valence-electron chi connectivity index (χ1n) is 10.0. The Hall–Kier alpha value is -1.35. The Morgan fingerprint density at radius 3 is 2.93 bits per heavy atom. The third-order valence-corrected chi connectivity index (χ3v) is 5.76. The number of ether oxygens (including phenoxy) is 2. The van der Waals surface area contributed by atoms with Crippen LogP contribution in [0.4, 0.5) is 10.2 Å². The lowest BCUT2D eigenvalue weighted by atomic mass is 9.78. The van der Waals surface area contributed by atoms with E-state index in [4.69, 9.17) is 9.47 Å². The number of anilines is 1. The average Bonchev–Trinajstić information content (AvgIpc) is 3.04. The monoisotopic (exact) mass is 379 g/mol. The highest BCUT2D eigenvalue weighted by Gasteiger charge is 2.46. The van der Waals surface area contributed by atoms with Gasteiger partial charge in [-0.3, -0.25) is 5.43 Å². The van der Waals surface area contributed by atoms with Crippen molar-refractivity contribution >= 4 is 5.82 Å². The van der Waals surface area contributed by atoms with Crippen molar-refractivity contribution in [2.45, 2.75) is 70.2 Å². The largest absolute Gasteiger partial charge is 0.375 e. The fourth-order valence-corrected chi connectivity index (χ4v) is 4.50. The van der Waals surface area contributed by atoms with E-state index in [2.05, 4.69) is 38.7 Å². The second kappa shape index (κ2) is 7.95. The van der Waals surface area contributed by atoms with E-state index in [0.29, 0.717) is 19.4 Å². The fraction of sp³-hybridized carbons (Fsp3) is 0.789. The summed E-state index contributed by atoms with van der Waals surface area (Å²) in [5.74, 6) is 1.17. The van der Waals surface area contributed by atoms with Gasteiger partial charge in [-0.05, 0) is 33.6 Å². The number of halogens is 1. The average molecular weight is 379 g/mol. The molecule has 1 aromatic rings. The number of aromatic nitrogens is 2. The smallest absolute Gasteiger partial charge is 0.132 e. The van der Waals surface area contributed by atoms with Gasteiger partial charge in [-0.25, -0.2) is 19.8 Å². The minimum atomic E-state index is -0.933. The van der Waals surface area contributed by atoms with Gasteiger partial charge in [-0.15, -0.1) is 0 Å². The lowest BCUT2D eigenvalue weighted by Crippen LogP contribution is -2.44. The molecule has 6 atom stereocenters. The van der Waals surface area contributed by atoms with Crippen LogP contribution in [0, 0.1) is 5.92 Å². The summed E-state index contributed by atoms with van der Waals surface area (Å²) in [6, 6.07) is 2.18. The molecule has 8 heteroatoms. The summed E-state index contributed by atoms with van der Waals surface area (Å²) < 4.78 is 26.0. The summed E-state index contributed by atoms with van der Waals surface area (Å²) in [6.07, 6.45) is 1.71. The number of alkyl halides is 1. The SMILES string of the molecule is CC(C)OC1CC2C(CC1F)NNC2c1cc(N2CCO[C@@H](C)C2)ncn1. The number of rotatable bonds is 4. The highest BCUT2D eigenvalue weighted by atomic mass is 19.1. The van der Waals surface area contributed by atoms with Gasteiger partial charge in [0.05, 0.1) is 36.7 Å². The summed E-state index contributed by atoms with van der Waals surface area (Å²) in [7, 11) is 0. The Morgan fingerprint density at radius 2 is 2.15 bits per heavy atom. The molecule has 2 N–H and O–H groups in total. The minimum Gasteiger partial charge on any atom is -0.375 e. The molecular formula is C19H30FN5O2. The Balaban J connectivity index is 1.51. The molecule has 3 aliphatic rings. The Kier molecular flexibility index (Phi) is 5.59. The molecular weight excluding hydrogens is 349 g/mol. The lowest BCUT2D eigenvalue weighted by Gasteiger charge is -2.36. The minimum absolute atomic E-state index is 0.0273. The van der Waals surface area contributed by atoms with Crippen LogP contribution in [0.5, 0.6) is 0 Å². The molecule has 1 aliphatic carbocycles. The first kappa shape index (κ1) is 19.0. The van der Waals surface area contributed by atoms with Crippen molar-refractivity contribution in [3.05, 3.63) is 18.1 Å². The first-order chi connectivity index (χ1) is 13.0. The second-order valence-corrected chi connectivity index (χ2v) is 8.18. The Bertz CT molecular complexity index is 648. The molecule has 7 nitrogen and oxygen atoms in total. The molecule has 3 fully saturated rings. The maximum atomic E-state index is 14.5. The predicted octanol–water partition coefficient (Wildman–Crippen LogP) is 1.76.